The van der Waals surface area contributed by atoms with Crippen LogP contribution in [0.2, 0.25) is 0 Å². The van der Waals surface area contributed by atoms with Gasteiger partial charge in [-0.15, -0.1) is 0 Å². The van der Waals surface area contributed by atoms with E-state index in [-0.39, 0.29) is 12.3 Å². The zero-order valence-electron chi connectivity index (χ0n) is 18.6. The van der Waals surface area contributed by atoms with Crippen LogP contribution in [0.4, 0.5) is 14.4 Å². The van der Waals surface area contributed by atoms with E-state index in [1.165, 1.54) is 0 Å². The van der Waals surface area contributed by atoms with Crippen molar-refractivity contribution in [3.63, 3.8) is 0 Å². The fourth-order valence-corrected chi connectivity index (χ4v) is 4.16. The number of azide groups is 1. The van der Waals surface area contributed by atoms with Crippen LogP contribution < -0.4 is 9.08 Å². The SMILES string of the molecule is Cc1c(CN=[N+]=[N-])c(C)c(N2CCN(C(=O)OC(C)(C)C)CC2)c(C)c1OS(=O)(=O)F. The lowest BCUT2D eigenvalue weighted by atomic mass is 9.94. The smallest absolute Gasteiger partial charge is 0.444 e. The Morgan fingerprint density at radius 3 is 2.19 bits per heavy atom. The number of amides is 1. The molecule has 0 N–H and O–H groups in total. The highest BCUT2D eigenvalue weighted by molar-refractivity contribution is 7.81. The van der Waals surface area contributed by atoms with Crippen molar-refractivity contribution in [3.8, 4) is 5.75 Å². The molecule has 0 spiro atoms. The van der Waals surface area contributed by atoms with Gasteiger partial charge >= 0.3 is 16.6 Å². The standard InChI is InChI=1S/C19H28FN5O5S/c1-12-15(11-22-23-21)13(2)17(30-31(20,27)28)14(3)16(12)24-7-9-25(10-8-24)18(26)29-19(4,5)6/h7-11H2,1-6H3. The van der Waals surface area contributed by atoms with Gasteiger partial charge in [0.2, 0.25) is 0 Å². The summed E-state index contributed by atoms with van der Waals surface area (Å²) < 4.78 is 45.8. The molecule has 12 heteroatoms. The predicted octanol–water partition coefficient (Wildman–Crippen LogP) is 4.07. The highest BCUT2D eigenvalue weighted by atomic mass is 32.3. The molecule has 0 bridgehead atoms. The lowest BCUT2D eigenvalue weighted by Gasteiger charge is -2.38. The van der Waals surface area contributed by atoms with Gasteiger partial charge in [0.05, 0.1) is 6.54 Å². The Labute approximate surface area is 182 Å². The molecule has 0 atom stereocenters. The molecule has 0 saturated carbocycles. The summed E-state index contributed by atoms with van der Waals surface area (Å²) in [5.41, 5.74) is 11.0. The molecule has 1 aromatic carbocycles. The summed E-state index contributed by atoms with van der Waals surface area (Å²) in [5, 5.41) is 3.58. The topological polar surface area (TPSA) is 125 Å². The van der Waals surface area contributed by atoms with E-state index in [0.29, 0.717) is 48.6 Å². The van der Waals surface area contributed by atoms with Crippen molar-refractivity contribution in [2.45, 2.75) is 53.7 Å². The van der Waals surface area contributed by atoms with E-state index in [2.05, 4.69) is 14.2 Å². The molecule has 1 aliphatic heterocycles. The maximum atomic E-state index is 13.4. The third-order valence-electron chi connectivity index (χ3n) is 5.02. The van der Waals surface area contributed by atoms with Gasteiger partial charge in [-0.1, -0.05) is 9.00 Å². The number of nitrogens with zero attached hydrogens (tertiary/aromatic N) is 5. The molecule has 0 aromatic heterocycles. The molecule has 31 heavy (non-hydrogen) atoms. The zero-order valence-corrected chi connectivity index (χ0v) is 19.4. The molecule has 0 radical (unpaired) electrons. The van der Waals surface area contributed by atoms with Gasteiger partial charge in [0.1, 0.15) is 5.60 Å². The number of carbonyl (C=O) groups excluding carboxylic acids is 1. The summed E-state index contributed by atoms with van der Waals surface area (Å²) in [6.07, 6.45) is -0.402. The van der Waals surface area contributed by atoms with Gasteiger partial charge in [-0.3, -0.25) is 0 Å². The highest BCUT2D eigenvalue weighted by Gasteiger charge is 2.29. The van der Waals surface area contributed by atoms with Crippen LogP contribution >= 0.6 is 0 Å². The second-order valence-corrected chi connectivity index (χ2v) is 9.30. The van der Waals surface area contributed by atoms with Crippen molar-refractivity contribution >= 4 is 22.3 Å². The maximum absolute atomic E-state index is 13.4. The quantitative estimate of drug-likeness (QED) is 0.284. The Bertz CT molecular complexity index is 1010. The summed E-state index contributed by atoms with van der Waals surface area (Å²) in [7, 11) is -5.25. The number of anilines is 1. The van der Waals surface area contributed by atoms with E-state index in [9.17, 15) is 17.1 Å². The number of carbonyl (C=O) groups is 1. The summed E-state index contributed by atoms with van der Waals surface area (Å²) in [5.74, 6) is -0.124. The van der Waals surface area contributed by atoms with E-state index in [4.69, 9.17) is 10.3 Å². The molecule has 2 rings (SSSR count). The van der Waals surface area contributed by atoms with E-state index >= 15 is 0 Å². The molecule has 172 valence electrons. The summed E-state index contributed by atoms with van der Waals surface area (Å²) in [6.45, 7) is 12.1. The van der Waals surface area contributed by atoms with Crippen molar-refractivity contribution in [3.05, 3.63) is 32.7 Å². The third kappa shape index (κ3) is 6.14. The van der Waals surface area contributed by atoms with Crippen LogP contribution in [-0.4, -0.2) is 51.2 Å². The van der Waals surface area contributed by atoms with Gasteiger partial charge in [0.25, 0.3) is 0 Å². The fraction of sp³-hybridized carbons (Fsp3) is 0.632. The Morgan fingerprint density at radius 2 is 1.71 bits per heavy atom. The van der Waals surface area contributed by atoms with Crippen molar-refractivity contribution in [2.24, 2.45) is 5.11 Å². The first kappa shape index (κ1) is 24.5. The molecule has 1 aromatic rings. The second-order valence-electron chi connectivity index (χ2n) is 8.35. The number of rotatable bonds is 5. The number of hydrogen-bond acceptors (Lipinski definition) is 7. The number of halogens is 1. The van der Waals surface area contributed by atoms with Crippen LogP contribution in [0.3, 0.4) is 0 Å². The molecule has 1 fully saturated rings. The average molecular weight is 458 g/mol. The lowest BCUT2D eigenvalue weighted by molar-refractivity contribution is 0.0240. The van der Waals surface area contributed by atoms with E-state index < -0.39 is 22.2 Å². The Kier molecular flexibility index (Phi) is 7.28. The van der Waals surface area contributed by atoms with Gasteiger partial charge in [-0.2, -0.15) is 8.42 Å². The Balaban J connectivity index is 2.41. The Morgan fingerprint density at radius 1 is 1.13 bits per heavy atom. The van der Waals surface area contributed by atoms with Crippen LogP contribution in [0.5, 0.6) is 5.75 Å². The zero-order chi connectivity index (χ0) is 23.6. The van der Waals surface area contributed by atoms with Crippen molar-refractivity contribution in [1.29, 1.82) is 0 Å². The van der Waals surface area contributed by atoms with E-state index in [1.54, 1.807) is 39.5 Å². The molecule has 1 aliphatic rings. The van der Waals surface area contributed by atoms with E-state index in [1.807, 2.05) is 11.8 Å². The molecule has 1 heterocycles. The van der Waals surface area contributed by atoms with Gasteiger partial charge in [0.15, 0.2) is 5.75 Å². The lowest BCUT2D eigenvalue weighted by Crippen LogP contribution is -2.50. The van der Waals surface area contributed by atoms with Crippen LogP contribution in [0.15, 0.2) is 5.11 Å². The first-order valence-corrected chi connectivity index (χ1v) is 11.1. The molecule has 10 nitrogen and oxygen atoms in total. The minimum Gasteiger partial charge on any atom is -0.444 e. The monoisotopic (exact) mass is 457 g/mol. The van der Waals surface area contributed by atoms with Crippen LogP contribution in [0.25, 0.3) is 10.4 Å². The summed E-state index contributed by atoms with van der Waals surface area (Å²) in [4.78, 5) is 18.7. The van der Waals surface area contributed by atoms with Crippen molar-refractivity contribution in [1.82, 2.24) is 4.90 Å². The number of hydrogen-bond donors (Lipinski definition) is 0. The Hall–Kier alpha value is -2.72. The van der Waals surface area contributed by atoms with Crippen molar-refractivity contribution in [2.75, 3.05) is 31.1 Å². The first-order valence-electron chi connectivity index (χ1n) is 9.75. The molecule has 1 amide bonds. The number of benzene rings is 1. The molecular formula is C19H28FN5O5S. The average Bonchev–Trinajstić information content (AvgIpc) is 2.64. The van der Waals surface area contributed by atoms with Crippen molar-refractivity contribution < 1.29 is 26.0 Å². The second kappa shape index (κ2) is 9.19. The summed E-state index contributed by atoms with van der Waals surface area (Å²) >= 11 is 0. The highest BCUT2D eigenvalue weighted by Crippen LogP contribution is 2.40. The van der Waals surface area contributed by atoms with Gasteiger partial charge < -0.3 is 18.7 Å². The molecule has 0 aliphatic carbocycles. The van der Waals surface area contributed by atoms with Gasteiger partial charge in [0, 0.05) is 42.3 Å². The first-order chi connectivity index (χ1) is 14.2. The van der Waals surface area contributed by atoms with Crippen LogP contribution in [0.1, 0.15) is 43.0 Å². The number of ether oxygens (including phenoxy) is 1. The molecule has 1 saturated heterocycles. The molecule has 0 unspecified atom stereocenters. The van der Waals surface area contributed by atoms with Gasteiger partial charge in [-0.05, 0) is 63.8 Å². The predicted molar refractivity (Wildman–Crippen MR) is 114 cm³/mol. The fourth-order valence-electron chi connectivity index (χ4n) is 3.71. The largest absolute Gasteiger partial charge is 0.488 e. The van der Waals surface area contributed by atoms with Crippen LogP contribution in [0, 0.1) is 20.8 Å². The number of piperazine rings is 1. The third-order valence-corrected chi connectivity index (χ3v) is 5.39. The summed E-state index contributed by atoms with van der Waals surface area (Å²) in [6, 6.07) is 0. The normalized spacial score (nSPS) is 14.8. The minimum atomic E-state index is -5.25. The molecular weight excluding hydrogens is 429 g/mol. The minimum absolute atomic E-state index is 0.0397. The maximum Gasteiger partial charge on any atom is 0.488 e. The van der Waals surface area contributed by atoms with Crippen LogP contribution in [-0.2, 0) is 21.8 Å². The van der Waals surface area contributed by atoms with Gasteiger partial charge in [-0.25, -0.2) is 4.79 Å². The van der Waals surface area contributed by atoms with E-state index in [0.717, 1.165) is 5.56 Å².